The number of likely N-dealkylation sites (tertiary alicyclic amines) is 1. The summed E-state index contributed by atoms with van der Waals surface area (Å²) in [5.74, 6) is -0.0697. The van der Waals surface area contributed by atoms with E-state index in [0.717, 1.165) is 6.42 Å². The number of carbonyl (C=O) groups is 2. The van der Waals surface area contributed by atoms with Crippen LogP contribution in [0.5, 0.6) is 0 Å². The second kappa shape index (κ2) is 6.41. The fourth-order valence-corrected chi connectivity index (χ4v) is 4.59. The largest absolute Gasteiger partial charge is 0.352 e. The predicted octanol–water partition coefficient (Wildman–Crippen LogP) is 2.50. The second-order valence-corrected chi connectivity index (χ2v) is 7.59. The van der Waals surface area contributed by atoms with Crippen LogP contribution in [0.2, 0.25) is 0 Å². The molecule has 1 aliphatic heterocycles. The maximum atomic E-state index is 12.3. The summed E-state index contributed by atoms with van der Waals surface area (Å²) in [7, 11) is 0. The lowest BCUT2D eigenvalue weighted by Gasteiger charge is -2.20. The van der Waals surface area contributed by atoms with E-state index in [1.807, 2.05) is 25.2 Å². The first-order valence-electron chi connectivity index (χ1n) is 8.21. The van der Waals surface area contributed by atoms with E-state index in [1.165, 1.54) is 35.3 Å². The minimum atomic E-state index is -0.190. The summed E-state index contributed by atoms with van der Waals surface area (Å²) in [5, 5.41) is 5.24. The Bertz CT molecular complexity index is 579. The maximum Gasteiger partial charge on any atom is 0.225 e. The zero-order chi connectivity index (χ0) is 15.7. The van der Waals surface area contributed by atoms with Gasteiger partial charge >= 0.3 is 0 Å². The van der Waals surface area contributed by atoms with Crippen molar-refractivity contribution >= 4 is 23.2 Å². The molecule has 1 fully saturated rings. The number of amides is 2. The summed E-state index contributed by atoms with van der Waals surface area (Å²) < 4.78 is 0. The van der Waals surface area contributed by atoms with Crippen molar-refractivity contribution < 1.29 is 9.59 Å². The standard InChI is InChI=1S/C17H24N2O2S/c1-11(2)19-9-12(7-16(19)20)17(21)18-8-13-10-22-15-6-4-3-5-14(13)15/h10-12H,3-9H2,1-2H3,(H,18,21). The molecule has 5 heteroatoms. The van der Waals surface area contributed by atoms with Crippen LogP contribution in [0.4, 0.5) is 0 Å². The number of fused-ring (bicyclic) bond motifs is 1. The molecule has 2 heterocycles. The number of thiophene rings is 1. The zero-order valence-corrected chi connectivity index (χ0v) is 14.2. The quantitative estimate of drug-likeness (QED) is 0.926. The molecule has 120 valence electrons. The van der Waals surface area contributed by atoms with Crippen LogP contribution in [0.1, 0.15) is 49.1 Å². The Morgan fingerprint density at radius 1 is 1.41 bits per heavy atom. The van der Waals surface area contributed by atoms with Crippen molar-refractivity contribution in [3.63, 3.8) is 0 Å². The molecule has 1 aliphatic carbocycles. The van der Waals surface area contributed by atoms with E-state index in [2.05, 4.69) is 10.7 Å². The number of hydrogen-bond donors (Lipinski definition) is 1. The van der Waals surface area contributed by atoms with Crippen LogP contribution in [-0.4, -0.2) is 29.3 Å². The third-order valence-electron chi connectivity index (χ3n) is 4.75. The van der Waals surface area contributed by atoms with Gasteiger partial charge in [0, 0.05) is 30.4 Å². The predicted molar refractivity (Wildman–Crippen MR) is 87.8 cm³/mol. The highest BCUT2D eigenvalue weighted by Gasteiger charge is 2.35. The van der Waals surface area contributed by atoms with Gasteiger partial charge in [0.05, 0.1) is 5.92 Å². The molecule has 4 nitrogen and oxygen atoms in total. The molecular weight excluding hydrogens is 296 g/mol. The van der Waals surface area contributed by atoms with E-state index in [4.69, 9.17) is 0 Å². The number of rotatable bonds is 4. The minimum absolute atomic E-state index is 0.0206. The Morgan fingerprint density at radius 2 is 2.18 bits per heavy atom. The van der Waals surface area contributed by atoms with Crippen molar-refractivity contribution in [2.45, 2.75) is 58.5 Å². The van der Waals surface area contributed by atoms with Crippen molar-refractivity contribution in [2.24, 2.45) is 5.92 Å². The highest BCUT2D eigenvalue weighted by Crippen LogP contribution is 2.30. The van der Waals surface area contributed by atoms with Crippen LogP contribution in [0, 0.1) is 5.92 Å². The Morgan fingerprint density at radius 3 is 2.91 bits per heavy atom. The average Bonchev–Trinajstić information content (AvgIpc) is 3.08. The number of nitrogens with one attached hydrogen (secondary N) is 1. The van der Waals surface area contributed by atoms with E-state index in [1.54, 1.807) is 4.90 Å². The van der Waals surface area contributed by atoms with Gasteiger partial charge in [0.15, 0.2) is 0 Å². The lowest BCUT2D eigenvalue weighted by molar-refractivity contribution is -0.130. The fourth-order valence-electron chi connectivity index (χ4n) is 3.44. The third kappa shape index (κ3) is 3.05. The molecule has 1 aromatic rings. The van der Waals surface area contributed by atoms with Crippen molar-refractivity contribution in [2.75, 3.05) is 6.54 Å². The molecule has 0 spiro atoms. The summed E-state index contributed by atoms with van der Waals surface area (Å²) in [6, 6.07) is 0.175. The topological polar surface area (TPSA) is 49.4 Å². The van der Waals surface area contributed by atoms with E-state index in [9.17, 15) is 9.59 Å². The first-order valence-corrected chi connectivity index (χ1v) is 9.09. The molecule has 1 aromatic heterocycles. The van der Waals surface area contributed by atoms with Crippen molar-refractivity contribution in [1.29, 1.82) is 0 Å². The van der Waals surface area contributed by atoms with Crippen LogP contribution in [0.25, 0.3) is 0 Å². The van der Waals surface area contributed by atoms with Gasteiger partial charge in [0.1, 0.15) is 0 Å². The molecule has 0 bridgehead atoms. The van der Waals surface area contributed by atoms with Gasteiger partial charge in [-0.15, -0.1) is 11.3 Å². The SMILES string of the molecule is CC(C)N1CC(C(=O)NCc2csc3c2CCCC3)CC1=O. The number of aryl methyl sites for hydroxylation is 1. The van der Waals surface area contributed by atoms with E-state index >= 15 is 0 Å². The number of hydrogen-bond acceptors (Lipinski definition) is 3. The summed E-state index contributed by atoms with van der Waals surface area (Å²) >= 11 is 1.83. The molecule has 2 aliphatic rings. The lowest BCUT2D eigenvalue weighted by Crippen LogP contribution is -2.35. The lowest BCUT2D eigenvalue weighted by atomic mass is 9.96. The molecule has 0 aromatic carbocycles. The van der Waals surface area contributed by atoms with Crippen molar-refractivity contribution in [1.82, 2.24) is 10.2 Å². The summed E-state index contributed by atoms with van der Waals surface area (Å²) in [6.07, 6.45) is 5.23. The second-order valence-electron chi connectivity index (χ2n) is 6.63. The Labute approximate surface area is 135 Å². The van der Waals surface area contributed by atoms with Gasteiger partial charge in [-0.1, -0.05) is 0 Å². The van der Waals surface area contributed by atoms with Gasteiger partial charge in [0.2, 0.25) is 11.8 Å². The molecule has 1 N–H and O–H groups in total. The van der Waals surface area contributed by atoms with E-state index < -0.39 is 0 Å². The molecule has 1 atom stereocenters. The molecular formula is C17H24N2O2S. The van der Waals surface area contributed by atoms with Gasteiger partial charge in [-0.2, -0.15) is 0 Å². The van der Waals surface area contributed by atoms with Crippen LogP contribution in [0.15, 0.2) is 5.38 Å². The molecule has 0 radical (unpaired) electrons. The van der Waals surface area contributed by atoms with Gasteiger partial charge in [-0.05, 0) is 56.0 Å². The average molecular weight is 320 g/mol. The normalized spacial score (nSPS) is 21.3. The van der Waals surface area contributed by atoms with Crippen LogP contribution >= 0.6 is 11.3 Å². The van der Waals surface area contributed by atoms with E-state index in [0.29, 0.717) is 19.5 Å². The van der Waals surface area contributed by atoms with Gasteiger partial charge in [0.25, 0.3) is 0 Å². The molecule has 3 rings (SSSR count). The highest BCUT2D eigenvalue weighted by atomic mass is 32.1. The highest BCUT2D eigenvalue weighted by molar-refractivity contribution is 7.10. The summed E-state index contributed by atoms with van der Waals surface area (Å²) in [6.45, 7) is 5.16. The summed E-state index contributed by atoms with van der Waals surface area (Å²) in [5.41, 5.74) is 2.74. The van der Waals surface area contributed by atoms with Crippen molar-refractivity contribution in [3.8, 4) is 0 Å². The number of carbonyl (C=O) groups excluding carboxylic acids is 2. The monoisotopic (exact) mass is 320 g/mol. The van der Waals surface area contributed by atoms with Crippen LogP contribution in [0.3, 0.4) is 0 Å². The van der Waals surface area contributed by atoms with E-state index in [-0.39, 0.29) is 23.8 Å². The summed E-state index contributed by atoms with van der Waals surface area (Å²) in [4.78, 5) is 27.5. The Kier molecular flexibility index (Phi) is 4.52. The fraction of sp³-hybridized carbons (Fsp3) is 0.647. The zero-order valence-electron chi connectivity index (χ0n) is 13.4. The van der Waals surface area contributed by atoms with Crippen LogP contribution in [-0.2, 0) is 29.0 Å². The first-order chi connectivity index (χ1) is 10.6. The Hall–Kier alpha value is -1.36. The third-order valence-corrected chi connectivity index (χ3v) is 5.89. The number of nitrogens with zero attached hydrogens (tertiary/aromatic N) is 1. The van der Waals surface area contributed by atoms with Gasteiger partial charge in [-0.3, -0.25) is 9.59 Å². The van der Waals surface area contributed by atoms with Gasteiger partial charge in [-0.25, -0.2) is 0 Å². The molecule has 1 unspecified atom stereocenters. The molecule has 1 saturated heterocycles. The molecule has 2 amide bonds. The smallest absolute Gasteiger partial charge is 0.225 e. The first kappa shape index (κ1) is 15.5. The van der Waals surface area contributed by atoms with Crippen molar-refractivity contribution in [3.05, 3.63) is 21.4 Å². The molecule has 0 saturated carbocycles. The maximum absolute atomic E-state index is 12.3. The molecule has 22 heavy (non-hydrogen) atoms. The van der Waals surface area contributed by atoms with Crippen LogP contribution < -0.4 is 5.32 Å². The minimum Gasteiger partial charge on any atom is -0.352 e. The Balaban J connectivity index is 1.57. The van der Waals surface area contributed by atoms with Gasteiger partial charge < -0.3 is 10.2 Å².